The Morgan fingerprint density at radius 2 is 1.60 bits per heavy atom. The van der Waals surface area contributed by atoms with E-state index in [-0.39, 0.29) is 6.04 Å². The van der Waals surface area contributed by atoms with E-state index in [4.69, 9.17) is 19.9 Å². The van der Waals surface area contributed by atoms with Gasteiger partial charge >= 0.3 is 0 Å². The van der Waals surface area contributed by atoms with Crippen molar-refractivity contribution in [3.8, 4) is 11.5 Å². The van der Waals surface area contributed by atoms with E-state index in [1.165, 1.54) is 0 Å². The molecule has 4 nitrogen and oxygen atoms in total. The Morgan fingerprint density at radius 3 is 2.15 bits per heavy atom. The highest BCUT2D eigenvalue weighted by Gasteiger charge is 2.28. The van der Waals surface area contributed by atoms with Crippen molar-refractivity contribution in [2.45, 2.75) is 46.3 Å². The molecule has 114 valence electrons. The maximum atomic E-state index is 6.33. The van der Waals surface area contributed by atoms with Crippen LogP contribution in [0.4, 0.5) is 0 Å². The minimum Gasteiger partial charge on any atom is -0.490 e. The lowest BCUT2D eigenvalue weighted by Crippen LogP contribution is -2.38. The van der Waals surface area contributed by atoms with Gasteiger partial charge in [-0.15, -0.1) is 0 Å². The molecule has 0 heterocycles. The number of nitrogens with two attached hydrogens (primary N) is 1. The summed E-state index contributed by atoms with van der Waals surface area (Å²) in [7, 11) is 0. The first kappa shape index (κ1) is 16.8. The van der Waals surface area contributed by atoms with Crippen LogP contribution in [-0.4, -0.2) is 25.4 Å². The van der Waals surface area contributed by atoms with Crippen molar-refractivity contribution in [2.75, 3.05) is 19.8 Å². The number of hydrogen-bond donors (Lipinski definition) is 1. The monoisotopic (exact) mass is 281 g/mol. The SMILES string of the molecule is CCOc1ccc(C(N)C(C)(C)OCC)cc1OCC. The van der Waals surface area contributed by atoms with E-state index in [0.717, 1.165) is 17.1 Å². The van der Waals surface area contributed by atoms with Crippen LogP contribution in [0.15, 0.2) is 18.2 Å². The van der Waals surface area contributed by atoms with Crippen molar-refractivity contribution in [1.29, 1.82) is 0 Å². The molecule has 1 aromatic rings. The molecule has 0 amide bonds. The third-order valence-corrected chi connectivity index (χ3v) is 3.19. The fraction of sp³-hybridized carbons (Fsp3) is 0.625. The summed E-state index contributed by atoms with van der Waals surface area (Å²) < 4.78 is 16.9. The zero-order valence-corrected chi connectivity index (χ0v) is 13.2. The van der Waals surface area contributed by atoms with Crippen molar-refractivity contribution in [3.05, 3.63) is 23.8 Å². The van der Waals surface area contributed by atoms with Crippen molar-refractivity contribution in [1.82, 2.24) is 0 Å². The van der Waals surface area contributed by atoms with Crippen LogP contribution in [0.25, 0.3) is 0 Å². The molecular weight excluding hydrogens is 254 g/mol. The summed E-state index contributed by atoms with van der Waals surface area (Å²) >= 11 is 0. The van der Waals surface area contributed by atoms with E-state index >= 15 is 0 Å². The topological polar surface area (TPSA) is 53.7 Å². The smallest absolute Gasteiger partial charge is 0.161 e. The Kier molecular flexibility index (Phi) is 6.30. The molecule has 0 aliphatic rings. The van der Waals surface area contributed by atoms with E-state index in [1.807, 2.05) is 52.8 Å². The largest absolute Gasteiger partial charge is 0.490 e. The van der Waals surface area contributed by atoms with Gasteiger partial charge in [-0.1, -0.05) is 6.07 Å². The predicted molar refractivity (Wildman–Crippen MR) is 81.4 cm³/mol. The zero-order valence-electron chi connectivity index (χ0n) is 13.2. The molecule has 1 unspecified atom stereocenters. The van der Waals surface area contributed by atoms with Gasteiger partial charge in [-0.25, -0.2) is 0 Å². The summed E-state index contributed by atoms with van der Waals surface area (Å²) in [6, 6.07) is 5.60. The molecule has 0 aliphatic carbocycles. The van der Waals surface area contributed by atoms with Crippen LogP contribution in [0, 0.1) is 0 Å². The molecule has 1 aromatic carbocycles. The summed E-state index contributed by atoms with van der Waals surface area (Å²) in [5.41, 5.74) is 6.88. The Bertz CT molecular complexity index is 418. The van der Waals surface area contributed by atoms with Crippen molar-refractivity contribution in [3.63, 3.8) is 0 Å². The Morgan fingerprint density at radius 1 is 1.00 bits per heavy atom. The van der Waals surface area contributed by atoms with Gasteiger partial charge in [-0.2, -0.15) is 0 Å². The molecule has 20 heavy (non-hydrogen) atoms. The van der Waals surface area contributed by atoms with Crippen LogP contribution < -0.4 is 15.2 Å². The molecule has 0 bridgehead atoms. The minimum absolute atomic E-state index is 0.225. The van der Waals surface area contributed by atoms with Gasteiger partial charge in [0.15, 0.2) is 11.5 Å². The van der Waals surface area contributed by atoms with Gasteiger partial charge in [-0.3, -0.25) is 0 Å². The lowest BCUT2D eigenvalue weighted by molar-refractivity contribution is -0.0298. The van der Waals surface area contributed by atoms with Gasteiger partial charge in [0.2, 0.25) is 0 Å². The molecule has 0 radical (unpaired) electrons. The Labute approximate surface area is 122 Å². The van der Waals surface area contributed by atoms with Gasteiger partial charge in [-0.05, 0) is 52.3 Å². The third-order valence-electron chi connectivity index (χ3n) is 3.19. The number of hydrogen-bond acceptors (Lipinski definition) is 4. The van der Waals surface area contributed by atoms with Gasteiger partial charge in [0, 0.05) is 6.61 Å². The van der Waals surface area contributed by atoms with Crippen LogP contribution in [0.1, 0.15) is 46.2 Å². The summed E-state index contributed by atoms with van der Waals surface area (Å²) in [5, 5.41) is 0. The fourth-order valence-electron chi connectivity index (χ4n) is 2.12. The average Bonchev–Trinajstić information content (AvgIpc) is 2.40. The predicted octanol–water partition coefficient (Wildman–Crippen LogP) is 3.30. The van der Waals surface area contributed by atoms with E-state index in [0.29, 0.717) is 19.8 Å². The quantitative estimate of drug-likeness (QED) is 0.794. The molecular formula is C16H27NO3. The third kappa shape index (κ3) is 4.12. The van der Waals surface area contributed by atoms with Gasteiger partial charge in [0.05, 0.1) is 24.9 Å². The molecule has 0 aliphatic heterocycles. The maximum Gasteiger partial charge on any atom is 0.161 e. The second-order valence-corrected chi connectivity index (χ2v) is 5.09. The molecule has 0 saturated carbocycles. The highest BCUT2D eigenvalue weighted by atomic mass is 16.5. The number of rotatable bonds is 8. The average molecular weight is 281 g/mol. The summed E-state index contributed by atoms with van der Waals surface area (Å²) in [4.78, 5) is 0. The second kappa shape index (κ2) is 7.50. The van der Waals surface area contributed by atoms with Crippen molar-refractivity contribution in [2.24, 2.45) is 5.73 Å². The molecule has 0 saturated heterocycles. The molecule has 0 spiro atoms. The van der Waals surface area contributed by atoms with Gasteiger partial charge < -0.3 is 19.9 Å². The maximum absolute atomic E-state index is 6.33. The van der Waals surface area contributed by atoms with Crippen molar-refractivity contribution >= 4 is 0 Å². The van der Waals surface area contributed by atoms with Crippen LogP contribution in [0.2, 0.25) is 0 Å². The standard InChI is InChI=1S/C16H27NO3/c1-6-18-13-10-9-12(11-14(13)19-7-2)15(17)16(4,5)20-8-3/h9-11,15H,6-8,17H2,1-5H3. The molecule has 0 fully saturated rings. The molecule has 1 atom stereocenters. The van der Waals surface area contributed by atoms with E-state index in [1.54, 1.807) is 0 Å². The van der Waals surface area contributed by atoms with E-state index < -0.39 is 5.60 Å². The lowest BCUT2D eigenvalue weighted by atomic mass is 9.92. The Hall–Kier alpha value is -1.26. The minimum atomic E-state index is -0.425. The van der Waals surface area contributed by atoms with Crippen LogP contribution >= 0.6 is 0 Å². The van der Waals surface area contributed by atoms with Crippen molar-refractivity contribution < 1.29 is 14.2 Å². The molecule has 4 heteroatoms. The summed E-state index contributed by atoms with van der Waals surface area (Å²) in [6.45, 7) is 11.7. The first-order valence-corrected chi connectivity index (χ1v) is 7.25. The second-order valence-electron chi connectivity index (χ2n) is 5.09. The lowest BCUT2D eigenvalue weighted by Gasteiger charge is -2.32. The zero-order chi connectivity index (χ0) is 15.2. The van der Waals surface area contributed by atoms with Gasteiger partial charge in [0.25, 0.3) is 0 Å². The van der Waals surface area contributed by atoms with E-state index in [2.05, 4.69) is 0 Å². The van der Waals surface area contributed by atoms with Crippen LogP contribution in [-0.2, 0) is 4.74 Å². The Balaban J connectivity index is 3.04. The summed E-state index contributed by atoms with van der Waals surface area (Å²) in [5.74, 6) is 1.48. The number of ether oxygens (including phenoxy) is 3. The highest BCUT2D eigenvalue weighted by molar-refractivity contribution is 5.44. The first-order chi connectivity index (χ1) is 9.46. The van der Waals surface area contributed by atoms with E-state index in [9.17, 15) is 0 Å². The number of benzene rings is 1. The molecule has 1 rings (SSSR count). The first-order valence-electron chi connectivity index (χ1n) is 7.25. The normalized spacial score (nSPS) is 13.1. The molecule has 2 N–H and O–H groups in total. The summed E-state index contributed by atoms with van der Waals surface area (Å²) in [6.07, 6.45) is 0. The van der Waals surface area contributed by atoms with Gasteiger partial charge in [0.1, 0.15) is 0 Å². The van der Waals surface area contributed by atoms with Crippen LogP contribution in [0.3, 0.4) is 0 Å². The highest BCUT2D eigenvalue weighted by Crippen LogP contribution is 2.34. The van der Waals surface area contributed by atoms with Crippen LogP contribution in [0.5, 0.6) is 11.5 Å². The molecule has 0 aromatic heterocycles. The fourth-order valence-corrected chi connectivity index (χ4v) is 2.12.